The van der Waals surface area contributed by atoms with Gasteiger partial charge in [-0.3, -0.25) is 14.5 Å². The smallest absolute Gasteiger partial charge is 0.309 e. The molecule has 1 aromatic rings. The van der Waals surface area contributed by atoms with Crippen LogP contribution in [0.5, 0.6) is 5.75 Å². The van der Waals surface area contributed by atoms with Gasteiger partial charge in [0.25, 0.3) is 0 Å². The Labute approximate surface area is 143 Å². The lowest BCUT2D eigenvalue weighted by molar-refractivity contribution is -0.149. The fraction of sp³-hybridized carbons (Fsp3) is 0.556. The number of esters is 1. The van der Waals surface area contributed by atoms with Crippen LogP contribution in [0.4, 0.5) is 5.69 Å². The topological polar surface area (TPSA) is 67.9 Å². The van der Waals surface area contributed by atoms with Crippen molar-refractivity contribution < 1.29 is 19.1 Å². The number of piperidine rings is 1. The molecule has 0 spiro atoms. The molecule has 0 unspecified atom stereocenters. The van der Waals surface area contributed by atoms with Crippen LogP contribution >= 0.6 is 0 Å². The fourth-order valence-electron chi connectivity index (χ4n) is 2.93. The van der Waals surface area contributed by atoms with Crippen molar-refractivity contribution in [2.24, 2.45) is 5.92 Å². The Hall–Kier alpha value is -2.08. The summed E-state index contributed by atoms with van der Waals surface area (Å²) in [5.41, 5.74) is 0.665. The fourth-order valence-corrected chi connectivity index (χ4v) is 2.93. The molecule has 0 bridgehead atoms. The van der Waals surface area contributed by atoms with Crippen molar-refractivity contribution >= 4 is 17.6 Å². The summed E-state index contributed by atoms with van der Waals surface area (Å²) < 4.78 is 10.3. The summed E-state index contributed by atoms with van der Waals surface area (Å²) in [4.78, 5) is 26.4. The quantitative estimate of drug-likeness (QED) is 0.809. The van der Waals surface area contributed by atoms with Crippen LogP contribution in [-0.4, -0.2) is 49.6 Å². The molecule has 1 N–H and O–H groups in total. The van der Waals surface area contributed by atoms with Crippen molar-refractivity contribution in [1.29, 1.82) is 0 Å². The van der Waals surface area contributed by atoms with E-state index >= 15 is 0 Å². The molecule has 1 fully saturated rings. The van der Waals surface area contributed by atoms with Gasteiger partial charge in [0, 0.05) is 0 Å². The highest BCUT2D eigenvalue weighted by Gasteiger charge is 2.30. The average Bonchev–Trinajstić information content (AvgIpc) is 2.61. The molecule has 6 nitrogen and oxygen atoms in total. The van der Waals surface area contributed by atoms with E-state index in [-0.39, 0.29) is 23.8 Å². The van der Waals surface area contributed by atoms with Crippen molar-refractivity contribution in [3.63, 3.8) is 0 Å². The van der Waals surface area contributed by atoms with Crippen LogP contribution in [0.3, 0.4) is 0 Å². The van der Waals surface area contributed by atoms with Gasteiger partial charge in [0.15, 0.2) is 0 Å². The highest BCUT2D eigenvalue weighted by Crippen LogP contribution is 2.24. The van der Waals surface area contributed by atoms with E-state index in [1.165, 1.54) is 0 Å². The zero-order chi connectivity index (χ0) is 17.5. The third-order valence-electron chi connectivity index (χ3n) is 4.44. The zero-order valence-electron chi connectivity index (χ0n) is 14.6. The van der Waals surface area contributed by atoms with E-state index in [9.17, 15) is 9.59 Å². The lowest BCUT2D eigenvalue weighted by Gasteiger charge is -2.34. The first-order valence-electron chi connectivity index (χ1n) is 8.41. The molecule has 0 aromatic heterocycles. The van der Waals surface area contributed by atoms with E-state index in [2.05, 4.69) is 10.2 Å². The minimum atomic E-state index is -0.266. The molecule has 1 amide bonds. The first kappa shape index (κ1) is 18.3. The molecule has 0 radical (unpaired) electrons. The normalized spacial score (nSPS) is 17.1. The number of carbonyl (C=O) groups is 2. The number of likely N-dealkylation sites (tertiary alicyclic amines) is 1. The number of hydrogen-bond donors (Lipinski definition) is 1. The van der Waals surface area contributed by atoms with Gasteiger partial charge in [0.05, 0.1) is 31.4 Å². The predicted molar refractivity (Wildman–Crippen MR) is 92.0 cm³/mol. The number of nitrogens with one attached hydrogen (secondary N) is 1. The summed E-state index contributed by atoms with van der Waals surface area (Å²) >= 11 is 0. The van der Waals surface area contributed by atoms with Crippen LogP contribution in [0.1, 0.15) is 26.7 Å². The Kier molecular flexibility index (Phi) is 6.61. The summed E-state index contributed by atoms with van der Waals surface area (Å²) in [6.07, 6.45) is 1.45. The van der Waals surface area contributed by atoms with E-state index in [1.54, 1.807) is 7.11 Å². The standard InChI is InChI=1S/C18H26N2O4/c1-4-24-18(22)14-9-11-20(12-10-14)13(2)17(21)19-15-7-5-6-8-16(15)23-3/h5-8,13-14H,4,9-12H2,1-3H3,(H,19,21)/t13-/m1/s1. The van der Waals surface area contributed by atoms with Gasteiger partial charge in [-0.15, -0.1) is 0 Å². The van der Waals surface area contributed by atoms with Crippen molar-refractivity contribution in [2.75, 3.05) is 32.1 Å². The number of hydrogen-bond acceptors (Lipinski definition) is 5. The van der Waals surface area contributed by atoms with Crippen LogP contribution in [-0.2, 0) is 14.3 Å². The SMILES string of the molecule is CCOC(=O)C1CCN([C@H](C)C(=O)Nc2ccccc2OC)CC1. The molecule has 132 valence electrons. The second-order valence-corrected chi connectivity index (χ2v) is 5.93. The highest BCUT2D eigenvalue weighted by molar-refractivity contribution is 5.95. The monoisotopic (exact) mass is 334 g/mol. The van der Waals surface area contributed by atoms with Crippen LogP contribution < -0.4 is 10.1 Å². The first-order valence-corrected chi connectivity index (χ1v) is 8.41. The molecule has 24 heavy (non-hydrogen) atoms. The van der Waals surface area contributed by atoms with Crippen LogP contribution in [0.2, 0.25) is 0 Å². The number of nitrogens with zero attached hydrogens (tertiary/aromatic N) is 1. The number of anilines is 1. The van der Waals surface area contributed by atoms with Gasteiger partial charge in [-0.05, 0) is 51.9 Å². The molecule has 0 saturated carbocycles. The Morgan fingerprint density at radius 2 is 1.96 bits per heavy atom. The largest absolute Gasteiger partial charge is 0.495 e. The molecule has 1 aromatic carbocycles. The van der Waals surface area contributed by atoms with E-state index < -0.39 is 0 Å². The van der Waals surface area contributed by atoms with Gasteiger partial charge in [0.2, 0.25) is 5.91 Å². The van der Waals surface area contributed by atoms with Crippen molar-refractivity contribution in [3.05, 3.63) is 24.3 Å². The first-order chi connectivity index (χ1) is 11.6. The van der Waals surface area contributed by atoms with Crippen molar-refractivity contribution in [1.82, 2.24) is 4.90 Å². The number of ether oxygens (including phenoxy) is 2. The molecule has 1 saturated heterocycles. The van der Waals surface area contributed by atoms with E-state index in [0.717, 1.165) is 12.8 Å². The molecule has 1 heterocycles. The maximum absolute atomic E-state index is 12.5. The lowest BCUT2D eigenvalue weighted by atomic mass is 9.96. The minimum absolute atomic E-state index is 0.0503. The average molecular weight is 334 g/mol. The lowest BCUT2D eigenvalue weighted by Crippen LogP contribution is -2.47. The Morgan fingerprint density at radius 1 is 1.29 bits per heavy atom. The van der Waals surface area contributed by atoms with Gasteiger partial charge < -0.3 is 14.8 Å². The number of amides is 1. The number of rotatable bonds is 6. The van der Waals surface area contributed by atoms with E-state index in [4.69, 9.17) is 9.47 Å². The third kappa shape index (κ3) is 4.47. The van der Waals surface area contributed by atoms with Gasteiger partial charge in [-0.1, -0.05) is 12.1 Å². The Balaban J connectivity index is 1.89. The maximum Gasteiger partial charge on any atom is 0.309 e. The molecular weight excluding hydrogens is 308 g/mol. The molecule has 6 heteroatoms. The summed E-state index contributed by atoms with van der Waals surface area (Å²) in [7, 11) is 1.58. The maximum atomic E-state index is 12.5. The summed E-state index contributed by atoms with van der Waals surface area (Å²) in [6.45, 7) is 5.54. The molecule has 1 atom stereocenters. The minimum Gasteiger partial charge on any atom is -0.495 e. The van der Waals surface area contributed by atoms with Crippen molar-refractivity contribution in [3.8, 4) is 5.75 Å². The Morgan fingerprint density at radius 3 is 2.58 bits per heavy atom. The summed E-state index contributed by atoms with van der Waals surface area (Å²) in [5, 5.41) is 2.92. The predicted octanol–water partition coefficient (Wildman–Crippen LogP) is 2.30. The number of methoxy groups -OCH3 is 1. The van der Waals surface area contributed by atoms with Gasteiger partial charge in [-0.2, -0.15) is 0 Å². The third-order valence-corrected chi connectivity index (χ3v) is 4.44. The number of carbonyl (C=O) groups excluding carboxylic acids is 2. The van der Waals surface area contributed by atoms with E-state index in [0.29, 0.717) is 31.1 Å². The van der Waals surface area contributed by atoms with Gasteiger partial charge >= 0.3 is 5.97 Å². The van der Waals surface area contributed by atoms with Crippen molar-refractivity contribution in [2.45, 2.75) is 32.7 Å². The second kappa shape index (κ2) is 8.68. The molecular formula is C18H26N2O4. The highest BCUT2D eigenvalue weighted by atomic mass is 16.5. The summed E-state index contributed by atoms with van der Waals surface area (Å²) in [5.74, 6) is 0.391. The molecule has 2 rings (SSSR count). The van der Waals surface area contributed by atoms with E-state index in [1.807, 2.05) is 38.1 Å². The van der Waals surface area contributed by atoms with Crippen LogP contribution in [0.25, 0.3) is 0 Å². The second-order valence-electron chi connectivity index (χ2n) is 5.93. The van der Waals surface area contributed by atoms with Gasteiger partial charge in [-0.25, -0.2) is 0 Å². The zero-order valence-corrected chi connectivity index (χ0v) is 14.6. The molecule has 1 aliphatic heterocycles. The van der Waals surface area contributed by atoms with Crippen LogP contribution in [0.15, 0.2) is 24.3 Å². The Bertz CT molecular complexity index is 568. The van der Waals surface area contributed by atoms with Crippen LogP contribution in [0, 0.1) is 5.92 Å². The molecule has 1 aliphatic rings. The number of benzene rings is 1. The van der Waals surface area contributed by atoms with Gasteiger partial charge in [0.1, 0.15) is 5.75 Å². The number of para-hydroxylation sites is 2. The molecule has 0 aliphatic carbocycles. The summed E-state index contributed by atoms with van der Waals surface area (Å²) in [6, 6.07) is 7.07.